The molecule has 5 heteroatoms. The molecule has 5 nitrogen and oxygen atoms in total. The molecule has 0 spiro atoms. The zero-order valence-electron chi connectivity index (χ0n) is 10.7. The summed E-state index contributed by atoms with van der Waals surface area (Å²) in [7, 11) is 2.95. The van der Waals surface area contributed by atoms with Crippen molar-refractivity contribution < 1.29 is 19.0 Å². The smallest absolute Gasteiger partial charge is 0.342 e. The molecule has 0 unspecified atom stereocenters. The average Bonchev–Trinajstić information content (AvgIpc) is 2.32. The second kappa shape index (κ2) is 4.25. The largest absolute Gasteiger partial charge is 0.504 e. The van der Waals surface area contributed by atoms with E-state index in [9.17, 15) is 9.90 Å². The number of aryl methyl sites for hydroxylation is 1. The van der Waals surface area contributed by atoms with E-state index in [2.05, 4.69) is 0 Å². The molecule has 0 atom stereocenters. The van der Waals surface area contributed by atoms with Crippen molar-refractivity contribution in [2.75, 3.05) is 14.2 Å². The fourth-order valence-corrected chi connectivity index (χ4v) is 2.08. The van der Waals surface area contributed by atoms with Gasteiger partial charge in [-0.25, -0.2) is 4.79 Å². The van der Waals surface area contributed by atoms with Crippen molar-refractivity contribution in [2.45, 2.75) is 13.8 Å². The minimum absolute atomic E-state index is 0.0726. The minimum atomic E-state index is -0.483. The van der Waals surface area contributed by atoms with Gasteiger partial charge in [-0.2, -0.15) is 0 Å². The van der Waals surface area contributed by atoms with Crippen LogP contribution < -0.4 is 15.1 Å². The van der Waals surface area contributed by atoms with Gasteiger partial charge >= 0.3 is 5.63 Å². The van der Waals surface area contributed by atoms with E-state index in [1.807, 2.05) is 0 Å². The number of fused-ring (bicyclic) bond motifs is 1. The maximum absolute atomic E-state index is 11.6. The summed E-state index contributed by atoms with van der Waals surface area (Å²) in [4.78, 5) is 11.6. The van der Waals surface area contributed by atoms with Gasteiger partial charge in [-0.05, 0) is 13.8 Å². The number of hydrogen-bond acceptors (Lipinski definition) is 5. The second-order valence-corrected chi connectivity index (χ2v) is 3.97. The van der Waals surface area contributed by atoms with E-state index < -0.39 is 5.63 Å². The molecule has 0 radical (unpaired) electrons. The highest BCUT2D eigenvalue weighted by atomic mass is 16.5. The van der Waals surface area contributed by atoms with Crippen LogP contribution in [0, 0.1) is 13.8 Å². The molecule has 18 heavy (non-hydrogen) atoms. The first kappa shape index (κ1) is 12.3. The van der Waals surface area contributed by atoms with E-state index in [0.717, 1.165) is 0 Å². The summed E-state index contributed by atoms with van der Waals surface area (Å²) in [5, 5.41) is 10.4. The first-order valence-electron chi connectivity index (χ1n) is 5.39. The van der Waals surface area contributed by atoms with Gasteiger partial charge in [0, 0.05) is 11.6 Å². The predicted octanol–water partition coefficient (Wildman–Crippen LogP) is 2.13. The molecule has 0 aliphatic heterocycles. The lowest BCUT2D eigenvalue weighted by atomic mass is 10.1. The Morgan fingerprint density at radius 2 is 1.72 bits per heavy atom. The molecular formula is C13H14O5. The van der Waals surface area contributed by atoms with E-state index in [1.165, 1.54) is 20.3 Å². The van der Waals surface area contributed by atoms with Gasteiger partial charge in [-0.3, -0.25) is 0 Å². The third kappa shape index (κ3) is 1.59. The van der Waals surface area contributed by atoms with Crippen LogP contribution in [0.2, 0.25) is 0 Å². The highest BCUT2D eigenvalue weighted by Gasteiger charge is 2.19. The average molecular weight is 250 g/mol. The Morgan fingerprint density at radius 1 is 1.11 bits per heavy atom. The Labute approximate surface area is 104 Å². The summed E-state index contributed by atoms with van der Waals surface area (Å²) < 4.78 is 15.5. The summed E-state index contributed by atoms with van der Waals surface area (Å²) in [6.45, 7) is 3.39. The molecule has 1 N–H and O–H groups in total. The number of aromatic hydroxyl groups is 1. The Bertz CT molecular complexity index is 669. The molecule has 0 aliphatic carbocycles. The fourth-order valence-electron chi connectivity index (χ4n) is 2.08. The SMILES string of the molecule is COc1c(O)cc2oc(=O)c(C)c(OC)c2c1C. The quantitative estimate of drug-likeness (QED) is 0.827. The van der Waals surface area contributed by atoms with Crippen LogP contribution in [0.15, 0.2) is 15.3 Å². The highest BCUT2D eigenvalue weighted by molar-refractivity contribution is 5.91. The van der Waals surface area contributed by atoms with E-state index in [4.69, 9.17) is 13.9 Å². The van der Waals surface area contributed by atoms with Crippen LogP contribution >= 0.6 is 0 Å². The van der Waals surface area contributed by atoms with Crippen LogP contribution in [0.1, 0.15) is 11.1 Å². The van der Waals surface area contributed by atoms with Crippen LogP contribution in [-0.4, -0.2) is 19.3 Å². The van der Waals surface area contributed by atoms with Crippen molar-refractivity contribution in [3.63, 3.8) is 0 Å². The molecule has 1 aromatic carbocycles. The normalized spacial score (nSPS) is 10.7. The number of phenols is 1. The first-order valence-corrected chi connectivity index (χ1v) is 5.39. The Balaban J connectivity index is 3.03. The number of rotatable bonds is 2. The van der Waals surface area contributed by atoms with E-state index in [-0.39, 0.29) is 11.3 Å². The molecule has 0 aliphatic rings. The van der Waals surface area contributed by atoms with Gasteiger partial charge in [0.05, 0.1) is 25.2 Å². The standard InChI is InChI=1S/C13H14O5/c1-6-10-9(5-8(14)11(6)16-3)18-13(15)7(2)12(10)17-4/h5,14H,1-4H3. The maximum Gasteiger partial charge on any atom is 0.342 e. The number of hydrogen-bond donors (Lipinski definition) is 1. The topological polar surface area (TPSA) is 68.9 Å². The molecule has 0 fully saturated rings. The lowest BCUT2D eigenvalue weighted by molar-refractivity contribution is 0.369. The van der Waals surface area contributed by atoms with E-state index in [0.29, 0.717) is 28.0 Å². The second-order valence-electron chi connectivity index (χ2n) is 3.97. The Morgan fingerprint density at radius 3 is 2.28 bits per heavy atom. The van der Waals surface area contributed by atoms with Crippen LogP contribution in [0.4, 0.5) is 0 Å². The number of benzene rings is 1. The zero-order chi connectivity index (χ0) is 13.4. The summed E-state index contributed by atoms with van der Waals surface area (Å²) in [6, 6.07) is 1.35. The molecular weight excluding hydrogens is 236 g/mol. The third-order valence-corrected chi connectivity index (χ3v) is 2.95. The van der Waals surface area contributed by atoms with Crippen molar-refractivity contribution in [3.05, 3.63) is 27.6 Å². The predicted molar refractivity (Wildman–Crippen MR) is 66.7 cm³/mol. The van der Waals surface area contributed by atoms with Crippen molar-refractivity contribution in [2.24, 2.45) is 0 Å². The van der Waals surface area contributed by atoms with Crippen molar-refractivity contribution in [3.8, 4) is 17.2 Å². The molecule has 96 valence electrons. The van der Waals surface area contributed by atoms with Gasteiger partial charge < -0.3 is 19.0 Å². The summed E-state index contributed by atoms with van der Waals surface area (Å²) >= 11 is 0. The molecule has 0 saturated heterocycles. The highest BCUT2D eigenvalue weighted by Crippen LogP contribution is 2.40. The van der Waals surface area contributed by atoms with Gasteiger partial charge in [0.15, 0.2) is 11.5 Å². The lowest BCUT2D eigenvalue weighted by Crippen LogP contribution is -2.06. The Kier molecular flexibility index (Phi) is 2.90. The fraction of sp³-hybridized carbons (Fsp3) is 0.308. The summed E-state index contributed by atoms with van der Waals surface area (Å²) in [6.07, 6.45) is 0. The van der Waals surface area contributed by atoms with E-state index in [1.54, 1.807) is 13.8 Å². The first-order chi connectivity index (χ1) is 8.51. The molecule has 0 bridgehead atoms. The van der Waals surface area contributed by atoms with Gasteiger partial charge in [-0.15, -0.1) is 0 Å². The van der Waals surface area contributed by atoms with Gasteiger partial charge in [0.25, 0.3) is 0 Å². The summed E-state index contributed by atoms with van der Waals surface area (Å²) in [5.41, 5.74) is 0.846. The van der Waals surface area contributed by atoms with Crippen LogP contribution in [-0.2, 0) is 0 Å². The third-order valence-electron chi connectivity index (χ3n) is 2.95. The molecule has 2 aromatic rings. The minimum Gasteiger partial charge on any atom is -0.504 e. The monoisotopic (exact) mass is 250 g/mol. The number of methoxy groups -OCH3 is 2. The van der Waals surface area contributed by atoms with Crippen molar-refractivity contribution in [1.82, 2.24) is 0 Å². The summed E-state index contributed by atoms with van der Waals surface area (Å²) in [5.74, 6) is 0.711. The maximum atomic E-state index is 11.6. The molecule has 2 rings (SSSR count). The lowest BCUT2D eigenvalue weighted by Gasteiger charge is -2.13. The van der Waals surface area contributed by atoms with Gasteiger partial charge in [0.2, 0.25) is 0 Å². The van der Waals surface area contributed by atoms with Gasteiger partial charge in [-0.1, -0.05) is 0 Å². The molecule has 0 amide bonds. The van der Waals surface area contributed by atoms with Crippen LogP contribution in [0.25, 0.3) is 11.0 Å². The van der Waals surface area contributed by atoms with Crippen LogP contribution in [0.5, 0.6) is 17.2 Å². The van der Waals surface area contributed by atoms with Crippen molar-refractivity contribution >= 4 is 11.0 Å². The molecule has 1 aromatic heterocycles. The van der Waals surface area contributed by atoms with Gasteiger partial charge in [0.1, 0.15) is 11.3 Å². The molecule has 0 saturated carbocycles. The zero-order valence-corrected chi connectivity index (χ0v) is 10.7. The number of phenolic OH excluding ortho intramolecular Hbond substituents is 1. The van der Waals surface area contributed by atoms with Crippen molar-refractivity contribution in [1.29, 1.82) is 0 Å². The van der Waals surface area contributed by atoms with Crippen LogP contribution in [0.3, 0.4) is 0 Å². The molecule has 1 heterocycles. The Hall–Kier alpha value is -2.17. The number of ether oxygens (including phenoxy) is 2. The van der Waals surface area contributed by atoms with E-state index >= 15 is 0 Å².